The third-order valence-corrected chi connectivity index (χ3v) is 3.10. The van der Waals surface area contributed by atoms with Gasteiger partial charge in [0.2, 0.25) is 0 Å². The molecule has 0 aromatic carbocycles. The first kappa shape index (κ1) is 11.8. The Bertz CT molecular complexity index is 417. The highest BCUT2D eigenvalue weighted by Gasteiger charge is 2.07. The van der Waals surface area contributed by atoms with Gasteiger partial charge in [0.25, 0.3) is 0 Å². The second-order valence-corrected chi connectivity index (χ2v) is 4.73. The molecule has 0 fully saturated rings. The fraction of sp³-hybridized carbons (Fsp3) is 0.222. The highest BCUT2D eigenvalue weighted by molar-refractivity contribution is 8.04. The van der Waals surface area contributed by atoms with Crippen molar-refractivity contribution in [3.8, 4) is 5.40 Å². The highest BCUT2D eigenvalue weighted by Crippen LogP contribution is 2.36. The first-order chi connectivity index (χ1) is 7.17. The van der Waals surface area contributed by atoms with Crippen molar-refractivity contribution < 1.29 is 4.79 Å². The molecule has 0 atom stereocenters. The maximum atomic E-state index is 10.6. The summed E-state index contributed by atoms with van der Waals surface area (Å²) in [5.41, 5.74) is 0. The van der Waals surface area contributed by atoms with Crippen LogP contribution >= 0.6 is 23.1 Å². The van der Waals surface area contributed by atoms with Crippen LogP contribution in [0.5, 0.6) is 0 Å². The lowest BCUT2D eigenvalue weighted by molar-refractivity contribution is 0.112. The Hall–Kier alpha value is -1.32. The Balaban J connectivity index is 2.99. The minimum atomic E-state index is 0.582. The van der Waals surface area contributed by atoms with Crippen molar-refractivity contribution >= 4 is 40.7 Å². The number of nitriles is 1. The van der Waals surface area contributed by atoms with Crippen molar-refractivity contribution in [2.24, 2.45) is 4.99 Å². The molecule has 0 amide bonds. The predicted octanol–water partition coefficient (Wildman–Crippen LogP) is 2.36. The van der Waals surface area contributed by atoms with Gasteiger partial charge in [0, 0.05) is 14.1 Å². The van der Waals surface area contributed by atoms with Gasteiger partial charge < -0.3 is 4.90 Å². The van der Waals surface area contributed by atoms with Gasteiger partial charge in [-0.2, -0.15) is 5.26 Å². The number of hydrogen-bond donors (Lipinski definition) is 0. The Morgan fingerprint density at radius 2 is 2.40 bits per heavy atom. The van der Waals surface area contributed by atoms with Crippen LogP contribution in [0.25, 0.3) is 0 Å². The van der Waals surface area contributed by atoms with Crippen molar-refractivity contribution in [2.45, 2.75) is 4.90 Å². The van der Waals surface area contributed by atoms with Crippen LogP contribution in [0.2, 0.25) is 0 Å². The maximum Gasteiger partial charge on any atom is 0.160 e. The van der Waals surface area contributed by atoms with Gasteiger partial charge in [-0.05, 0) is 17.8 Å². The molecule has 0 aliphatic heterocycles. The van der Waals surface area contributed by atoms with Gasteiger partial charge >= 0.3 is 0 Å². The number of thiocyanates is 1. The molecule has 6 heteroatoms. The summed E-state index contributed by atoms with van der Waals surface area (Å²) in [7, 11) is 3.71. The van der Waals surface area contributed by atoms with Crippen LogP contribution in [-0.4, -0.2) is 31.6 Å². The van der Waals surface area contributed by atoms with E-state index >= 15 is 0 Å². The smallest absolute Gasteiger partial charge is 0.160 e. The fourth-order valence-electron chi connectivity index (χ4n) is 0.821. The lowest BCUT2D eigenvalue weighted by Crippen LogP contribution is -2.06. The predicted molar refractivity (Wildman–Crippen MR) is 63.0 cm³/mol. The second kappa shape index (κ2) is 5.53. The van der Waals surface area contributed by atoms with E-state index in [2.05, 4.69) is 4.99 Å². The van der Waals surface area contributed by atoms with Gasteiger partial charge in [0.05, 0.1) is 16.1 Å². The average Bonchev–Trinajstić information content (AvgIpc) is 2.58. The number of nitrogens with zero attached hydrogens (tertiary/aromatic N) is 3. The van der Waals surface area contributed by atoms with Crippen molar-refractivity contribution in [3.05, 3.63) is 10.9 Å². The van der Waals surface area contributed by atoms with Crippen LogP contribution in [0.1, 0.15) is 9.67 Å². The van der Waals surface area contributed by atoms with E-state index < -0.39 is 0 Å². The van der Waals surface area contributed by atoms with Gasteiger partial charge in [-0.3, -0.25) is 4.79 Å². The van der Waals surface area contributed by atoms with E-state index in [9.17, 15) is 4.79 Å². The molecule has 0 unspecified atom stereocenters. The standard InChI is InChI=1S/C9H9N3OS2/c1-12(2)6-11-9-8(14-5-10)3-7(4-13)15-9/h3-4,6H,1-2H3/b11-6+. The van der Waals surface area contributed by atoms with Crippen molar-refractivity contribution in [2.75, 3.05) is 14.1 Å². The molecule has 78 valence electrons. The minimum absolute atomic E-state index is 0.582. The van der Waals surface area contributed by atoms with Gasteiger partial charge in [-0.25, -0.2) is 4.99 Å². The third-order valence-electron chi connectivity index (χ3n) is 1.38. The van der Waals surface area contributed by atoms with E-state index in [1.54, 1.807) is 17.3 Å². The first-order valence-electron chi connectivity index (χ1n) is 4.03. The summed E-state index contributed by atoms with van der Waals surface area (Å²) in [5.74, 6) is 0. The molecule has 0 aliphatic carbocycles. The average molecular weight is 239 g/mol. The Labute approximate surface area is 96.2 Å². The molecule has 0 bridgehead atoms. The monoisotopic (exact) mass is 239 g/mol. The fourth-order valence-corrected chi connectivity index (χ4v) is 2.28. The first-order valence-corrected chi connectivity index (χ1v) is 5.66. The van der Waals surface area contributed by atoms with Crippen LogP contribution < -0.4 is 0 Å². The van der Waals surface area contributed by atoms with Gasteiger partial charge in [-0.1, -0.05) is 0 Å². The molecule has 1 aromatic heterocycles. The normalized spacial score (nSPS) is 10.2. The summed E-state index contributed by atoms with van der Waals surface area (Å²) >= 11 is 2.29. The summed E-state index contributed by atoms with van der Waals surface area (Å²) in [6.07, 6.45) is 2.41. The quantitative estimate of drug-likeness (QED) is 0.266. The largest absolute Gasteiger partial charge is 0.369 e. The molecule has 0 saturated heterocycles. The van der Waals surface area contributed by atoms with E-state index in [0.29, 0.717) is 9.88 Å². The zero-order valence-corrected chi connectivity index (χ0v) is 9.93. The molecule has 1 heterocycles. The van der Waals surface area contributed by atoms with Crippen molar-refractivity contribution in [1.29, 1.82) is 5.26 Å². The molecule has 1 aromatic rings. The Morgan fingerprint density at radius 3 is 2.93 bits per heavy atom. The second-order valence-electron chi connectivity index (χ2n) is 2.84. The number of aliphatic imine (C=N–C) groups is 1. The van der Waals surface area contributed by atoms with Crippen LogP contribution in [0.3, 0.4) is 0 Å². The van der Waals surface area contributed by atoms with Crippen LogP contribution in [0.4, 0.5) is 5.00 Å². The Morgan fingerprint density at radius 1 is 1.67 bits per heavy atom. The van der Waals surface area contributed by atoms with E-state index in [1.165, 1.54) is 11.3 Å². The zero-order valence-electron chi connectivity index (χ0n) is 8.30. The molecule has 15 heavy (non-hydrogen) atoms. The van der Waals surface area contributed by atoms with E-state index in [1.807, 2.05) is 19.5 Å². The molecule has 0 radical (unpaired) electrons. The molecule has 1 rings (SSSR count). The van der Waals surface area contributed by atoms with E-state index in [-0.39, 0.29) is 0 Å². The van der Waals surface area contributed by atoms with Gasteiger partial charge in [0.1, 0.15) is 10.4 Å². The summed E-state index contributed by atoms with van der Waals surface area (Å²) in [4.78, 5) is 17.9. The SMILES string of the molecule is CN(C)/C=N/c1sc(C=O)cc1SC#N. The lowest BCUT2D eigenvalue weighted by Gasteiger charge is -2.01. The summed E-state index contributed by atoms with van der Waals surface area (Å²) < 4.78 is 0. The lowest BCUT2D eigenvalue weighted by atomic mass is 10.5. The van der Waals surface area contributed by atoms with E-state index in [4.69, 9.17) is 5.26 Å². The summed E-state index contributed by atoms with van der Waals surface area (Å²) in [6.45, 7) is 0. The van der Waals surface area contributed by atoms with E-state index in [0.717, 1.165) is 22.9 Å². The van der Waals surface area contributed by atoms with Crippen molar-refractivity contribution in [3.63, 3.8) is 0 Å². The van der Waals surface area contributed by atoms with Gasteiger partial charge in [-0.15, -0.1) is 11.3 Å². The molecule has 0 spiro atoms. The molecular weight excluding hydrogens is 230 g/mol. The minimum Gasteiger partial charge on any atom is -0.369 e. The Kier molecular flexibility index (Phi) is 4.34. The molecule has 0 N–H and O–H groups in total. The van der Waals surface area contributed by atoms with Crippen LogP contribution in [0, 0.1) is 10.7 Å². The number of hydrogen-bond acceptors (Lipinski definition) is 5. The topological polar surface area (TPSA) is 56.5 Å². The number of thioether (sulfide) groups is 1. The van der Waals surface area contributed by atoms with Gasteiger partial charge in [0.15, 0.2) is 6.29 Å². The summed E-state index contributed by atoms with van der Waals surface area (Å²) in [6, 6.07) is 1.67. The highest BCUT2D eigenvalue weighted by atomic mass is 32.2. The van der Waals surface area contributed by atoms with Crippen LogP contribution in [-0.2, 0) is 0 Å². The molecule has 4 nitrogen and oxygen atoms in total. The van der Waals surface area contributed by atoms with Crippen molar-refractivity contribution in [1.82, 2.24) is 4.90 Å². The van der Waals surface area contributed by atoms with Crippen LogP contribution in [0.15, 0.2) is 16.0 Å². The molecule has 0 aliphatic rings. The molecule has 0 saturated carbocycles. The number of rotatable bonds is 4. The number of aldehydes is 1. The third kappa shape index (κ3) is 3.38. The molecular formula is C9H9N3OS2. The number of carbonyl (C=O) groups is 1. The zero-order chi connectivity index (χ0) is 11.3. The number of carbonyl (C=O) groups excluding carboxylic acids is 1. The maximum absolute atomic E-state index is 10.6. The number of thiophene rings is 1. The summed E-state index contributed by atoms with van der Waals surface area (Å²) in [5, 5.41) is 11.2.